The molecule has 2 aliphatic rings. The van der Waals surface area contributed by atoms with Crippen molar-refractivity contribution in [3.05, 3.63) is 29.6 Å². The Balaban J connectivity index is 1.76. The van der Waals surface area contributed by atoms with Crippen molar-refractivity contribution in [2.75, 3.05) is 0 Å². The summed E-state index contributed by atoms with van der Waals surface area (Å²) >= 11 is 0. The number of rotatable bonds is 5. The minimum atomic E-state index is -3.93. The zero-order valence-electron chi connectivity index (χ0n) is 13.7. The fourth-order valence-electron chi connectivity index (χ4n) is 3.17. The van der Waals surface area contributed by atoms with Crippen LogP contribution in [0.5, 0.6) is 0 Å². The van der Waals surface area contributed by atoms with Crippen molar-refractivity contribution in [2.45, 2.75) is 62.4 Å². The van der Waals surface area contributed by atoms with E-state index in [1.807, 2.05) is 0 Å². The fourth-order valence-corrected chi connectivity index (χ4v) is 4.58. The highest BCUT2D eigenvalue weighted by Gasteiger charge is 2.30. The Labute approximate surface area is 142 Å². The van der Waals surface area contributed by atoms with Gasteiger partial charge in [-0.3, -0.25) is 4.79 Å². The van der Waals surface area contributed by atoms with Crippen LogP contribution in [0.3, 0.4) is 0 Å². The van der Waals surface area contributed by atoms with Gasteiger partial charge in [-0.1, -0.05) is 19.8 Å². The summed E-state index contributed by atoms with van der Waals surface area (Å²) in [4.78, 5) is 11.9. The predicted molar refractivity (Wildman–Crippen MR) is 88.6 cm³/mol. The van der Waals surface area contributed by atoms with E-state index in [-0.39, 0.29) is 23.6 Å². The van der Waals surface area contributed by atoms with Crippen molar-refractivity contribution >= 4 is 15.9 Å². The average molecular weight is 354 g/mol. The largest absolute Gasteiger partial charge is 0.349 e. The van der Waals surface area contributed by atoms with Gasteiger partial charge >= 0.3 is 0 Å². The number of carbonyl (C=O) groups is 1. The number of hydrogen-bond acceptors (Lipinski definition) is 3. The van der Waals surface area contributed by atoms with Gasteiger partial charge in [-0.25, -0.2) is 17.5 Å². The van der Waals surface area contributed by atoms with Crippen molar-refractivity contribution in [3.63, 3.8) is 0 Å². The van der Waals surface area contributed by atoms with E-state index in [1.54, 1.807) is 0 Å². The smallest absolute Gasteiger partial charge is 0.251 e. The van der Waals surface area contributed by atoms with Crippen LogP contribution in [0.4, 0.5) is 4.39 Å². The summed E-state index contributed by atoms with van der Waals surface area (Å²) in [6.45, 7) is 2.16. The molecule has 132 valence electrons. The van der Waals surface area contributed by atoms with Crippen LogP contribution in [0.1, 0.15) is 55.8 Å². The number of amides is 1. The Morgan fingerprint density at radius 1 is 1.17 bits per heavy atom. The van der Waals surface area contributed by atoms with Crippen molar-refractivity contribution in [3.8, 4) is 0 Å². The van der Waals surface area contributed by atoms with Crippen molar-refractivity contribution in [1.29, 1.82) is 0 Å². The van der Waals surface area contributed by atoms with Gasteiger partial charge in [0.1, 0.15) is 10.7 Å². The van der Waals surface area contributed by atoms with Gasteiger partial charge in [0.15, 0.2) is 0 Å². The number of halogens is 1. The summed E-state index contributed by atoms with van der Waals surface area (Å²) < 4.78 is 40.9. The van der Waals surface area contributed by atoms with E-state index in [9.17, 15) is 17.6 Å². The highest BCUT2D eigenvalue weighted by Crippen LogP contribution is 2.25. The second-order valence-corrected chi connectivity index (χ2v) is 8.67. The first kappa shape index (κ1) is 17.4. The molecule has 2 saturated carbocycles. The van der Waals surface area contributed by atoms with E-state index in [0.717, 1.165) is 50.7 Å². The van der Waals surface area contributed by atoms with E-state index in [4.69, 9.17) is 0 Å². The van der Waals surface area contributed by atoms with E-state index in [1.165, 1.54) is 6.07 Å². The average Bonchev–Trinajstić information content (AvgIpc) is 3.30. The molecule has 3 rings (SSSR count). The van der Waals surface area contributed by atoms with Gasteiger partial charge in [0.2, 0.25) is 10.0 Å². The molecule has 2 fully saturated rings. The lowest BCUT2D eigenvalue weighted by Crippen LogP contribution is -2.38. The van der Waals surface area contributed by atoms with E-state index < -0.39 is 20.7 Å². The molecule has 2 aliphatic carbocycles. The van der Waals surface area contributed by atoms with Crippen LogP contribution < -0.4 is 10.0 Å². The van der Waals surface area contributed by atoms with E-state index in [2.05, 4.69) is 17.0 Å². The van der Waals surface area contributed by atoms with Gasteiger partial charge in [-0.15, -0.1) is 0 Å². The molecular formula is C17H23FN2O3S. The number of nitrogens with one attached hydrogen (secondary N) is 2. The van der Waals surface area contributed by atoms with Gasteiger partial charge in [-0.2, -0.15) is 0 Å². The third-order valence-electron chi connectivity index (χ3n) is 4.65. The molecule has 1 aromatic carbocycles. The minimum absolute atomic E-state index is 0.0935. The second kappa shape index (κ2) is 6.80. The molecule has 1 amide bonds. The van der Waals surface area contributed by atoms with Gasteiger partial charge in [0.25, 0.3) is 5.91 Å². The summed E-state index contributed by atoms with van der Waals surface area (Å²) in [5, 5.41) is 2.94. The molecule has 0 heterocycles. The zero-order valence-corrected chi connectivity index (χ0v) is 14.5. The van der Waals surface area contributed by atoms with E-state index >= 15 is 0 Å². The maximum Gasteiger partial charge on any atom is 0.251 e. The van der Waals surface area contributed by atoms with Crippen LogP contribution >= 0.6 is 0 Å². The van der Waals surface area contributed by atoms with Crippen molar-refractivity contribution in [1.82, 2.24) is 10.0 Å². The van der Waals surface area contributed by atoms with Crippen molar-refractivity contribution in [2.24, 2.45) is 5.92 Å². The molecule has 2 unspecified atom stereocenters. The maximum absolute atomic E-state index is 14.0. The maximum atomic E-state index is 14.0. The highest BCUT2D eigenvalue weighted by molar-refractivity contribution is 7.89. The Kier molecular flexibility index (Phi) is 4.92. The Morgan fingerprint density at radius 2 is 1.92 bits per heavy atom. The first-order valence-electron chi connectivity index (χ1n) is 8.48. The quantitative estimate of drug-likeness (QED) is 0.853. The molecule has 1 aromatic rings. The van der Waals surface area contributed by atoms with Crippen LogP contribution in [0.25, 0.3) is 0 Å². The molecule has 2 atom stereocenters. The summed E-state index contributed by atoms with van der Waals surface area (Å²) in [6.07, 6.45) is 5.60. The first-order valence-corrected chi connectivity index (χ1v) is 9.96. The van der Waals surface area contributed by atoms with Crippen LogP contribution in [0.15, 0.2) is 23.1 Å². The van der Waals surface area contributed by atoms with Crippen LogP contribution in [0, 0.1) is 11.7 Å². The molecule has 0 spiro atoms. The Morgan fingerprint density at radius 3 is 2.58 bits per heavy atom. The monoisotopic (exact) mass is 354 g/mol. The molecule has 0 saturated heterocycles. The third-order valence-corrected chi connectivity index (χ3v) is 6.19. The van der Waals surface area contributed by atoms with Gasteiger partial charge in [-0.05, 0) is 49.8 Å². The summed E-state index contributed by atoms with van der Waals surface area (Å²) in [5.74, 6) is -0.626. The molecule has 7 heteroatoms. The van der Waals surface area contributed by atoms with Crippen molar-refractivity contribution < 1.29 is 17.6 Å². The molecule has 0 aliphatic heterocycles. The lowest BCUT2D eigenvalue weighted by Gasteiger charge is -2.27. The van der Waals surface area contributed by atoms with Gasteiger partial charge < -0.3 is 5.32 Å². The fraction of sp³-hybridized carbons (Fsp3) is 0.588. The normalized spacial score (nSPS) is 24.6. The molecule has 0 aromatic heterocycles. The molecule has 0 radical (unpaired) electrons. The first-order chi connectivity index (χ1) is 11.3. The van der Waals surface area contributed by atoms with Gasteiger partial charge in [0, 0.05) is 17.6 Å². The standard InChI is InChI=1S/C17H23FN2O3S/c1-11-3-2-4-14(9-11)19-17(21)12-5-8-15(18)16(10-12)24(22,23)20-13-6-7-13/h5,8,10-11,13-14,20H,2-4,6-7,9H2,1H3,(H,19,21). The molecular weight excluding hydrogens is 331 g/mol. The SMILES string of the molecule is CC1CCCC(NC(=O)c2ccc(F)c(S(=O)(=O)NC3CC3)c2)C1. The zero-order chi connectivity index (χ0) is 17.3. The van der Waals surface area contributed by atoms with Crippen LogP contribution in [-0.4, -0.2) is 26.4 Å². The lowest BCUT2D eigenvalue weighted by atomic mass is 9.87. The summed E-state index contributed by atoms with van der Waals surface area (Å²) in [7, 11) is -3.93. The highest BCUT2D eigenvalue weighted by atomic mass is 32.2. The number of hydrogen-bond donors (Lipinski definition) is 2. The Hall–Kier alpha value is -1.47. The Bertz CT molecular complexity index is 731. The van der Waals surface area contributed by atoms with Gasteiger partial charge in [0.05, 0.1) is 0 Å². The predicted octanol–water partition coefficient (Wildman–Crippen LogP) is 2.57. The number of benzene rings is 1. The topological polar surface area (TPSA) is 75.3 Å². The molecule has 0 bridgehead atoms. The molecule has 2 N–H and O–H groups in total. The molecule has 24 heavy (non-hydrogen) atoms. The molecule has 5 nitrogen and oxygen atoms in total. The summed E-state index contributed by atoms with van der Waals surface area (Å²) in [6, 6.07) is 3.47. The minimum Gasteiger partial charge on any atom is -0.349 e. The number of carbonyl (C=O) groups excluding carboxylic acids is 1. The van der Waals surface area contributed by atoms with Crippen LogP contribution in [0.2, 0.25) is 0 Å². The number of sulfonamides is 1. The van der Waals surface area contributed by atoms with Crippen LogP contribution in [-0.2, 0) is 10.0 Å². The second-order valence-electron chi connectivity index (χ2n) is 6.98. The third kappa shape index (κ3) is 4.13. The summed E-state index contributed by atoms with van der Waals surface area (Å²) in [5.41, 5.74) is 0.172. The van der Waals surface area contributed by atoms with E-state index in [0.29, 0.717) is 5.92 Å². The lowest BCUT2D eigenvalue weighted by molar-refractivity contribution is 0.0921.